The molecule has 0 bridgehead atoms. The number of halogens is 3. The monoisotopic (exact) mass is 426 g/mol. The second-order valence-electron chi connectivity index (χ2n) is 7.95. The number of thiophene rings is 1. The molecule has 1 aromatic carbocycles. The molecule has 0 spiro atoms. The van der Waals surface area contributed by atoms with Gasteiger partial charge in [0.15, 0.2) is 0 Å². The number of fused-ring (bicyclic) bond motifs is 1. The normalized spacial score (nSPS) is 21.4. The van der Waals surface area contributed by atoms with Crippen molar-refractivity contribution in [1.82, 2.24) is 0 Å². The lowest BCUT2D eigenvalue weighted by atomic mass is 9.62. The Balaban J connectivity index is 2.00. The average molecular weight is 427 g/mol. The number of aryl methyl sites for hydroxylation is 1. The molecule has 0 fully saturated rings. The van der Waals surface area contributed by atoms with Crippen LogP contribution in [0, 0.1) is 5.41 Å². The number of alkyl halides is 3. The van der Waals surface area contributed by atoms with E-state index in [4.69, 9.17) is 11.5 Å². The zero-order valence-electron chi connectivity index (χ0n) is 16.0. The first-order valence-corrected chi connectivity index (χ1v) is 10.9. The van der Waals surface area contributed by atoms with Gasteiger partial charge in [-0.2, -0.15) is 13.2 Å². The molecule has 1 atom stereocenters. The third kappa shape index (κ3) is 3.98. The maximum absolute atomic E-state index is 13.1. The highest BCUT2D eigenvalue weighted by Crippen LogP contribution is 2.52. The van der Waals surface area contributed by atoms with Crippen molar-refractivity contribution in [1.29, 1.82) is 0 Å². The lowest BCUT2D eigenvalue weighted by molar-refractivity contribution is -0.137. The lowest BCUT2D eigenvalue weighted by Gasteiger charge is -2.48. The Hall–Kier alpha value is -1.44. The average Bonchev–Trinajstić information content (AvgIpc) is 3.03. The van der Waals surface area contributed by atoms with Crippen molar-refractivity contribution < 1.29 is 13.2 Å². The van der Waals surface area contributed by atoms with Crippen molar-refractivity contribution in [2.24, 2.45) is 16.9 Å². The molecule has 1 unspecified atom stereocenters. The smallest absolute Gasteiger partial charge is 0.394 e. The van der Waals surface area contributed by atoms with Gasteiger partial charge in [0.2, 0.25) is 0 Å². The quantitative estimate of drug-likeness (QED) is 0.606. The summed E-state index contributed by atoms with van der Waals surface area (Å²) >= 11 is 3.04. The predicted octanol–water partition coefficient (Wildman–Crippen LogP) is 6.11. The summed E-state index contributed by atoms with van der Waals surface area (Å²) in [6, 6.07) is 7.50. The zero-order valence-corrected chi connectivity index (χ0v) is 17.7. The van der Waals surface area contributed by atoms with Crippen LogP contribution in [0.5, 0.6) is 0 Å². The fourth-order valence-electron chi connectivity index (χ4n) is 3.81. The highest BCUT2D eigenvalue weighted by molar-refractivity contribution is 8.02. The van der Waals surface area contributed by atoms with Crippen molar-refractivity contribution in [3.63, 3.8) is 0 Å². The van der Waals surface area contributed by atoms with Crippen LogP contribution in [0.2, 0.25) is 0 Å². The summed E-state index contributed by atoms with van der Waals surface area (Å²) in [5.74, 6) is 0.753. The van der Waals surface area contributed by atoms with Crippen LogP contribution in [0.15, 0.2) is 41.9 Å². The fraction of sp³-hybridized carbons (Fsp3) is 0.429. The van der Waals surface area contributed by atoms with Crippen molar-refractivity contribution in [3.05, 3.63) is 57.9 Å². The largest absolute Gasteiger partial charge is 0.416 e. The maximum Gasteiger partial charge on any atom is 0.416 e. The minimum atomic E-state index is -4.35. The van der Waals surface area contributed by atoms with Gasteiger partial charge in [-0.05, 0) is 54.0 Å². The van der Waals surface area contributed by atoms with E-state index in [1.54, 1.807) is 17.4 Å². The van der Waals surface area contributed by atoms with E-state index in [0.717, 1.165) is 41.5 Å². The van der Waals surface area contributed by atoms with Crippen LogP contribution in [0.4, 0.5) is 13.2 Å². The van der Waals surface area contributed by atoms with Gasteiger partial charge >= 0.3 is 6.18 Å². The molecule has 0 aliphatic heterocycles. The number of hydrogen-bond donors (Lipinski definition) is 2. The number of hydrogen-bond acceptors (Lipinski definition) is 4. The Morgan fingerprint density at radius 2 is 2.00 bits per heavy atom. The second-order valence-corrected chi connectivity index (χ2v) is 10.3. The SMILES string of the molecule is C=C(N)SCCC1(N)c2cc(-c3cccc(C(F)(F)F)c3)sc2CCC1(C)C. The van der Waals surface area contributed by atoms with E-state index in [0.29, 0.717) is 10.6 Å². The van der Waals surface area contributed by atoms with Crippen LogP contribution < -0.4 is 11.5 Å². The zero-order chi connectivity index (χ0) is 20.7. The van der Waals surface area contributed by atoms with Gasteiger partial charge < -0.3 is 11.5 Å². The van der Waals surface area contributed by atoms with Crippen molar-refractivity contribution in [2.45, 2.75) is 44.8 Å². The van der Waals surface area contributed by atoms with Gasteiger partial charge in [-0.15, -0.1) is 23.1 Å². The van der Waals surface area contributed by atoms with Crippen LogP contribution in [0.1, 0.15) is 42.7 Å². The number of benzene rings is 1. The minimum absolute atomic E-state index is 0.122. The summed E-state index contributed by atoms with van der Waals surface area (Å²) in [5, 5.41) is 0.562. The molecule has 1 heterocycles. The number of nitrogens with two attached hydrogens (primary N) is 2. The molecule has 28 heavy (non-hydrogen) atoms. The van der Waals surface area contributed by atoms with E-state index < -0.39 is 17.3 Å². The first-order valence-electron chi connectivity index (χ1n) is 9.11. The molecule has 1 aromatic heterocycles. The molecular weight excluding hydrogens is 401 g/mol. The molecule has 7 heteroatoms. The highest BCUT2D eigenvalue weighted by Gasteiger charge is 2.47. The lowest BCUT2D eigenvalue weighted by Crippen LogP contribution is -2.52. The van der Waals surface area contributed by atoms with Gasteiger partial charge in [0.05, 0.1) is 10.6 Å². The molecule has 0 saturated heterocycles. The van der Waals surface area contributed by atoms with Crippen LogP contribution in [-0.2, 0) is 18.1 Å². The summed E-state index contributed by atoms with van der Waals surface area (Å²) < 4.78 is 39.3. The fourth-order valence-corrected chi connectivity index (χ4v) is 5.74. The molecule has 152 valence electrons. The molecule has 3 rings (SSSR count). The molecule has 2 aromatic rings. The summed E-state index contributed by atoms with van der Waals surface area (Å²) in [4.78, 5) is 2.00. The van der Waals surface area contributed by atoms with Gasteiger partial charge in [0.25, 0.3) is 0 Å². The minimum Gasteiger partial charge on any atom is -0.394 e. The van der Waals surface area contributed by atoms with Gasteiger partial charge in [0.1, 0.15) is 0 Å². The standard InChI is InChI=1S/C21H25F3N2S2/c1-13(25)27-10-9-20(26)16-12-18(28-17(16)7-8-19(20,2)3)14-5-4-6-15(11-14)21(22,23)24/h4-6,11-12H,1,7-10,25-26H2,2-3H3. The van der Waals surface area contributed by atoms with E-state index in [9.17, 15) is 13.2 Å². The topological polar surface area (TPSA) is 52.0 Å². The Morgan fingerprint density at radius 1 is 1.29 bits per heavy atom. The Bertz CT molecular complexity index is 886. The van der Waals surface area contributed by atoms with E-state index in [1.807, 2.05) is 6.07 Å². The highest BCUT2D eigenvalue weighted by atomic mass is 32.2. The molecule has 0 radical (unpaired) electrons. The molecule has 1 aliphatic carbocycles. The van der Waals surface area contributed by atoms with Gasteiger partial charge in [-0.25, -0.2) is 0 Å². The van der Waals surface area contributed by atoms with Gasteiger partial charge in [-0.1, -0.05) is 32.6 Å². The molecule has 0 saturated carbocycles. The van der Waals surface area contributed by atoms with Crippen LogP contribution >= 0.6 is 23.1 Å². The van der Waals surface area contributed by atoms with E-state index in [2.05, 4.69) is 20.4 Å². The van der Waals surface area contributed by atoms with Crippen molar-refractivity contribution in [3.8, 4) is 10.4 Å². The van der Waals surface area contributed by atoms with E-state index in [1.165, 1.54) is 28.8 Å². The third-order valence-electron chi connectivity index (χ3n) is 5.73. The summed E-state index contributed by atoms with van der Waals surface area (Å²) in [6.45, 7) is 8.06. The Kier molecular flexibility index (Phi) is 5.64. The van der Waals surface area contributed by atoms with E-state index in [-0.39, 0.29) is 5.41 Å². The maximum atomic E-state index is 13.1. The predicted molar refractivity (Wildman–Crippen MR) is 113 cm³/mol. The molecule has 4 N–H and O–H groups in total. The Labute approximate surface area is 172 Å². The molecule has 2 nitrogen and oxygen atoms in total. The van der Waals surface area contributed by atoms with Crippen molar-refractivity contribution >= 4 is 23.1 Å². The van der Waals surface area contributed by atoms with Crippen molar-refractivity contribution in [2.75, 3.05) is 5.75 Å². The third-order valence-corrected chi connectivity index (χ3v) is 7.76. The van der Waals surface area contributed by atoms with Crippen LogP contribution in [0.3, 0.4) is 0 Å². The summed E-state index contributed by atoms with van der Waals surface area (Å²) in [5.41, 5.74) is 13.0. The number of thioether (sulfide) groups is 1. The van der Waals surface area contributed by atoms with Crippen LogP contribution in [-0.4, -0.2) is 5.75 Å². The van der Waals surface area contributed by atoms with Gasteiger partial charge in [0, 0.05) is 21.0 Å². The molecular formula is C21H25F3N2S2. The summed E-state index contributed by atoms with van der Waals surface area (Å²) in [6.07, 6.45) is -1.80. The molecule has 0 amide bonds. The first-order chi connectivity index (χ1) is 12.9. The van der Waals surface area contributed by atoms with E-state index >= 15 is 0 Å². The van der Waals surface area contributed by atoms with Gasteiger partial charge in [-0.3, -0.25) is 0 Å². The van der Waals surface area contributed by atoms with Crippen LogP contribution in [0.25, 0.3) is 10.4 Å². The molecule has 1 aliphatic rings. The number of rotatable bonds is 5. The Morgan fingerprint density at radius 3 is 2.64 bits per heavy atom. The summed E-state index contributed by atoms with van der Waals surface area (Å²) in [7, 11) is 0. The first kappa shape index (κ1) is 21.3. The second kappa shape index (κ2) is 7.43.